The minimum absolute atomic E-state index is 0.345. The van der Waals surface area contributed by atoms with Crippen molar-refractivity contribution < 1.29 is 13.9 Å². The zero-order valence-electron chi connectivity index (χ0n) is 11.7. The third-order valence-corrected chi connectivity index (χ3v) is 3.61. The average molecular weight is 351 g/mol. The summed E-state index contributed by atoms with van der Waals surface area (Å²) in [6, 6.07) is 11.0. The number of carbonyl (C=O) groups is 1. The fourth-order valence-electron chi connectivity index (χ4n) is 1.79. The number of amides is 1. The highest BCUT2D eigenvalue weighted by Crippen LogP contribution is 2.19. The number of hydrazone groups is 1. The Morgan fingerprint density at radius 1 is 1.43 bits per heavy atom. The topological polar surface area (TPSA) is 63.8 Å². The Labute approximate surface area is 131 Å². The average Bonchev–Trinajstić information content (AvgIpc) is 2.79. The number of aryl methyl sites for hydroxylation is 1. The van der Waals surface area contributed by atoms with Crippen molar-refractivity contribution in [2.45, 2.75) is 13.0 Å². The lowest BCUT2D eigenvalue weighted by Gasteiger charge is -2.13. The molecule has 1 amide bonds. The summed E-state index contributed by atoms with van der Waals surface area (Å²) in [5, 5.41) is 3.87. The van der Waals surface area contributed by atoms with Gasteiger partial charge in [0.2, 0.25) is 0 Å². The van der Waals surface area contributed by atoms with E-state index in [1.165, 1.54) is 13.3 Å². The van der Waals surface area contributed by atoms with Crippen molar-refractivity contribution in [3.8, 4) is 0 Å². The Hall–Kier alpha value is -1.92. The number of rotatable bonds is 5. The zero-order chi connectivity index (χ0) is 15.2. The monoisotopic (exact) mass is 350 g/mol. The van der Waals surface area contributed by atoms with E-state index < -0.39 is 6.10 Å². The molecule has 0 aliphatic heterocycles. The molecule has 0 aliphatic carbocycles. The van der Waals surface area contributed by atoms with Crippen LogP contribution in [-0.2, 0) is 9.53 Å². The van der Waals surface area contributed by atoms with Crippen molar-refractivity contribution >= 4 is 28.1 Å². The second-order valence-electron chi connectivity index (χ2n) is 4.31. The molecule has 0 aliphatic rings. The van der Waals surface area contributed by atoms with Crippen LogP contribution in [0.25, 0.3) is 0 Å². The van der Waals surface area contributed by atoms with Crippen LogP contribution < -0.4 is 5.43 Å². The number of hydrogen-bond acceptors (Lipinski definition) is 4. The zero-order valence-corrected chi connectivity index (χ0v) is 13.3. The van der Waals surface area contributed by atoms with E-state index in [0.717, 1.165) is 15.8 Å². The maximum atomic E-state index is 12.0. The Bertz CT molecular complexity index is 618. The van der Waals surface area contributed by atoms with Crippen LogP contribution in [0.3, 0.4) is 0 Å². The van der Waals surface area contributed by atoms with Crippen molar-refractivity contribution in [3.05, 3.63) is 58.0 Å². The number of carbonyl (C=O) groups excluding carboxylic acids is 1. The molecule has 1 aromatic carbocycles. The molecule has 0 spiro atoms. The summed E-state index contributed by atoms with van der Waals surface area (Å²) >= 11 is 3.34. The van der Waals surface area contributed by atoms with Gasteiger partial charge in [-0.25, -0.2) is 5.43 Å². The van der Waals surface area contributed by atoms with E-state index in [4.69, 9.17) is 9.15 Å². The molecule has 0 unspecified atom stereocenters. The summed E-state index contributed by atoms with van der Waals surface area (Å²) in [5.41, 5.74) is 3.21. The van der Waals surface area contributed by atoms with Crippen molar-refractivity contribution in [1.82, 2.24) is 5.43 Å². The molecule has 2 aromatic rings. The largest absolute Gasteiger partial charge is 0.459 e. The minimum atomic E-state index is -0.701. The first-order valence-electron chi connectivity index (χ1n) is 6.28. The van der Waals surface area contributed by atoms with Gasteiger partial charge in [-0.05, 0) is 28.4 Å². The van der Waals surface area contributed by atoms with E-state index in [-0.39, 0.29) is 5.91 Å². The molecule has 1 atom stereocenters. The van der Waals surface area contributed by atoms with Gasteiger partial charge in [0.25, 0.3) is 5.91 Å². The van der Waals surface area contributed by atoms with Gasteiger partial charge >= 0.3 is 0 Å². The molecule has 0 fully saturated rings. The molecule has 0 bridgehead atoms. The standard InChI is InChI=1S/C15H15BrN2O3/c1-10-13(16)8-12(21-10)9-17-18-15(19)14(20-2)11-6-4-3-5-7-11/h3-9,14H,1-2H3,(H,18,19)/b17-9-/t14-/m1/s1. The lowest BCUT2D eigenvalue weighted by Crippen LogP contribution is -2.26. The summed E-state index contributed by atoms with van der Waals surface area (Å²) < 4.78 is 11.5. The molecule has 1 heterocycles. The van der Waals surface area contributed by atoms with Crippen LogP contribution in [0.1, 0.15) is 23.2 Å². The van der Waals surface area contributed by atoms with Gasteiger partial charge in [0.1, 0.15) is 11.5 Å². The smallest absolute Gasteiger partial charge is 0.273 e. The fraction of sp³-hybridized carbons (Fsp3) is 0.200. The molecule has 110 valence electrons. The number of furan rings is 1. The molecule has 0 radical (unpaired) electrons. The number of hydrogen-bond donors (Lipinski definition) is 1. The van der Waals surface area contributed by atoms with Gasteiger partial charge < -0.3 is 9.15 Å². The van der Waals surface area contributed by atoms with E-state index in [1.807, 2.05) is 37.3 Å². The lowest BCUT2D eigenvalue weighted by molar-refractivity contribution is -0.131. The molecule has 1 N–H and O–H groups in total. The summed E-state index contributed by atoms with van der Waals surface area (Å²) in [6.45, 7) is 1.83. The molecule has 6 heteroatoms. The Balaban J connectivity index is 2.00. The van der Waals surface area contributed by atoms with Crippen LogP contribution in [0.5, 0.6) is 0 Å². The normalized spacial score (nSPS) is 12.5. The highest BCUT2D eigenvalue weighted by molar-refractivity contribution is 9.10. The summed E-state index contributed by atoms with van der Waals surface area (Å²) in [5.74, 6) is 0.956. The Morgan fingerprint density at radius 2 is 2.14 bits per heavy atom. The van der Waals surface area contributed by atoms with Crippen molar-refractivity contribution in [1.29, 1.82) is 0 Å². The van der Waals surface area contributed by atoms with Crippen molar-refractivity contribution in [2.75, 3.05) is 7.11 Å². The molecule has 21 heavy (non-hydrogen) atoms. The third kappa shape index (κ3) is 4.03. The SMILES string of the molecule is CO[C@@H](C(=O)N/N=C\c1cc(Br)c(C)o1)c1ccccc1. The van der Waals surface area contributed by atoms with E-state index >= 15 is 0 Å². The Morgan fingerprint density at radius 3 is 2.71 bits per heavy atom. The van der Waals surface area contributed by atoms with E-state index in [1.54, 1.807) is 6.07 Å². The first-order chi connectivity index (χ1) is 10.1. The highest BCUT2D eigenvalue weighted by Gasteiger charge is 2.19. The van der Waals surface area contributed by atoms with Gasteiger partial charge in [0.15, 0.2) is 6.10 Å². The molecule has 2 rings (SSSR count). The van der Waals surface area contributed by atoms with E-state index in [2.05, 4.69) is 26.5 Å². The predicted molar refractivity (Wildman–Crippen MR) is 83.1 cm³/mol. The van der Waals surface area contributed by atoms with Crippen molar-refractivity contribution in [2.24, 2.45) is 5.10 Å². The van der Waals surface area contributed by atoms with Gasteiger partial charge in [-0.2, -0.15) is 5.10 Å². The molecule has 5 nitrogen and oxygen atoms in total. The summed E-state index contributed by atoms with van der Waals surface area (Å²) in [6.07, 6.45) is 0.737. The van der Waals surface area contributed by atoms with E-state index in [9.17, 15) is 4.79 Å². The second-order valence-corrected chi connectivity index (χ2v) is 5.17. The quantitative estimate of drug-likeness (QED) is 0.665. The third-order valence-electron chi connectivity index (χ3n) is 2.82. The van der Waals surface area contributed by atoms with Gasteiger partial charge in [0, 0.05) is 13.2 Å². The van der Waals surface area contributed by atoms with Gasteiger partial charge in [-0.1, -0.05) is 30.3 Å². The Kier molecular flexibility index (Phi) is 5.30. The van der Waals surface area contributed by atoms with Crippen LogP contribution in [0, 0.1) is 6.92 Å². The van der Waals surface area contributed by atoms with Crippen LogP contribution in [0.4, 0.5) is 0 Å². The van der Waals surface area contributed by atoms with Gasteiger partial charge in [-0.15, -0.1) is 0 Å². The second kappa shape index (κ2) is 7.19. The number of ether oxygens (including phenoxy) is 1. The molecule has 1 aromatic heterocycles. The maximum Gasteiger partial charge on any atom is 0.273 e. The number of nitrogens with zero attached hydrogens (tertiary/aromatic N) is 1. The predicted octanol–water partition coefficient (Wildman–Crippen LogP) is 3.19. The highest BCUT2D eigenvalue weighted by atomic mass is 79.9. The molecular formula is C15H15BrN2O3. The van der Waals surface area contributed by atoms with Crippen LogP contribution in [-0.4, -0.2) is 19.2 Å². The first-order valence-corrected chi connectivity index (χ1v) is 7.07. The maximum absolute atomic E-state index is 12.0. The van der Waals surface area contributed by atoms with Crippen molar-refractivity contribution in [3.63, 3.8) is 0 Å². The first kappa shape index (κ1) is 15.5. The molecule has 0 saturated carbocycles. The summed E-state index contributed by atoms with van der Waals surface area (Å²) in [7, 11) is 1.48. The fourth-order valence-corrected chi connectivity index (χ4v) is 2.09. The number of halogens is 1. The molecular weight excluding hydrogens is 336 g/mol. The van der Waals surface area contributed by atoms with Crippen LogP contribution in [0.2, 0.25) is 0 Å². The van der Waals surface area contributed by atoms with E-state index in [0.29, 0.717) is 5.76 Å². The number of benzene rings is 1. The van der Waals surface area contributed by atoms with Crippen LogP contribution >= 0.6 is 15.9 Å². The lowest BCUT2D eigenvalue weighted by atomic mass is 10.1. The van der Waals surface area contributed by atoms with Gasteiger partial charge in [0.05, 0.1) is 10.7 Å². The van der Waals surface area contributed by atoms with Crippen LogP contribution in [0.15, 0.2) is 50.4 Å². The minimum Gasteiger partial charge on any atom is -0.459 e. The number of nitrogens with one attached hydrogen (secondary N) is 1. The summed E-state index contributed by atoms with van der Waals surface area (Å²) in [4.78, 5) is 12.0. The van der Waals surface area contributed by atoms with Gasteiger partial charge in [-0.3, -0.25) is 4.79 Å². The number of methoxy groups -OCH3 is 1. The molecule has 0 saturated heterocycles.